The van der Waals surface area contributed by atoms with E-state index in [-0.39, 0.29) is 5.60 Å². The van der Waals surface area contributed by atoms with Gasteiger partial charge in [0.2, 0.25) is 0 Å². The molecule has 1 saturated heterocycles. The van der Waals surface area contributed by atoms with Crippen molar-refractivity contribution in [1.82, 2.24) is 0 Å². The van der Waals surface area contributed by atoms with E-state index in [1.54, 1.807) is 0 Å². The molecule has 1 atom stereocenters. The van der Waals surface area contributed by atoms with E-state index in [1.807, 2.05) is 0 Å². The zero-order valence-electron chi connectivity index (χ0n) is 10.2. The van der Waals surface area contributed by atoms with Crippen molar-refractivity contribution in [1.29, 1.82) is 0 Å². The van der Waals surface area contributed by atoms with Gasteiger partial charge in [0.1, 0.15) is 0 Å². The lowest BCUT2D eigenvalue weighted by molar-refractivity contribution is -0.152. The molecule has 2 rings (SSSR count). The molecule has 0 aromatic carbocycles. The zero-order valence-corrected chi connectivity index (χ0v) is 12.4. The third-order valence-corrected chi connectivity index (χ3v) is 5.52. The molecule has 1 aliphatic heterocycles. The van der Waals surface area contributed by atoms with Gasteiger partial charge in [-0.2, -0.15) is 0 Å². The van der Waals surface area contributed by atoms with E-state index in [9.17, 15) is 0 Å². The van der Waals surface area contributed by atoms with Gasteiger partial charge in [-0.25, -0.2) is 0 Å². The minimum Gasteiger partial charge on any atom is -0.381 e. The van der Waals surface area contributed by atoms with Crippen molar-refractivity contribution in [2.24, 2.45) is 5.92 Å². The quantitative estimate of drug-likeness (QED) is 0.564. The number of hydrogen-bond donors (Lipinski definition) is 0. The Labute approximate surface area is 113 Å². The van der Waals surface area contributed by atoms with Crippen molar-refractivity contribution in [3.8, 4) is 0 Å². The Kier molecular flexibility index (Phi) is 4.91. The maximum Gasteiger partial charge on any atom is 0.0819 e. The molecule has 16 heavy (non-hydrogen) atoms. The van der Waals surface area contributed by atoms with Crippen LogP contribution in [0.5, 0.6) is 0 Å². The first-order chi connectivity index (χ1) is 7.79. The van der Waals surface area contributed by atoms with Crippen LogP contribution in [0, 0.1) is 5.92 Å². The summed E-state index contributed by atoms with van der Waals surface area (Å²) >= 11 is 2.48. The highest BCUT2D eigenvalue weighted by Gasteiger charge is 2.38. The van der Waals surface area contributed by atoms with Crippen LogP contribution in [0.3, 0.4) is 0 Å². The molecule has 0 radical (unpaired) electrons. The normalized spacial score (nSPS) is 27.4. The molecule has 0 bridgehead atoms. The SMILES string of the molecule is CCC(OC1(CI)CCOCC1)C1CCC1. The first kappa shape index (κ1) is 13.1. The smallest absolute Gasteiger partial charge is 0.0819 e. The molecule has 1 unspecified atom stereocenters. The third kappa shape index (κ3) is 2.91. The fourth-order valence-corrected chi connectivity index (χ4v) is 3.61. The first-order valence-corrected chi connectivity index (χ1v) is 8.14. The van der Waals surface area contributed by atoms with E-state index in [0.717, 1.165) is 36.4 Å². The number of ether oxygens (including phenoxy) is 2. The first-order valence-electron chi connectivity index (χ1n) is 6.61. The number of halogens is 1. The summed E-state index contributed by atoms with van der Waals surface area (Å²) in [7, 11) is 0. The largest absolute Gasteiger partial charge is 0.381 e. The van der Waals surface area contributed by atoms with Crippen LogP contribution in [0.4, 0.5) is 0 Å². The van der Waals surface area contributed by atoms with Crippen LogP contribution in [0.15, 0.2) is 0 Å². The molecule has 2 fully saturated rings. The summed E-state index contributed by atoms with van der Waals surface area (Å²) in [5, 5.41) is 0. The molecule has 0 aromatic rings. The van der Waals surface area contributed by atoms with Gasteiger partial charge in [-0.15, -0.1) is 0 Å². The fourth-order valence-electron chi connectivity index (χ4n) is 2.67. The minimum atomic E-state index is 0.120. The highest BCUT2D eigenvalue weighted by Crippen LogP contribution is 2.37. The number of rotatable bonds is 5. The Balaban J connectivity index is 1.92. The molecule has 0 aromatic heterocycles. The Morgan fingerprint density at radius 3 is 2.50 bits per heavy atom. The van der Waals surface area contributed by atoms with Crippen molar-refractivity contribution in [2.75, 3.05) is 17.6 Å². The second-order valence-electron chi connectivity index (χ2n) is 5.18. The second-order valence-corrected chi connectivity index (χ2v) is 5.95. The van der Waals surface area contributed by atoms with E-state index >= 15 is 0 Å². The summed E-state index contributed by atoms with van der Waals surface area (Å²) < 4.78 is 13.1. The third-order valence-electron chi connectivity index (χ3n) is 4.13. The lowest BCUT2D eigenvalue weighted by Gasteiger charge is -2.43. The van der Waals surface area contributed by atoms with Gasteiger partial charge in [0.05, 0.1) is 11.7 Å². The Morgan fingerprint density at radius 2 is 2.06 bits per heavy atom. The number of alkyl halides is 1. The van der Waals surface area contributed by atoms with Gasteiger partial charge in [-0.05, 0) is 25.2 Å². The van der Waals surface area contributed by atoms with Gasteiger partial charge in [0, 0.05) is 30.5 Å². The van der Waals surface area contributed by atoms with Crippen molar-refractivity contribution >= 4 is 22.6 Å². The maximum atomic E-state index is 6.49. The Bertz CT molecular complexity index is 210. The van der Waals surface area contributed by atoms with Crippen LogP contribution in [-0.2, 0) is 9.47 Å². The Hall–Kier alpha value is 0.650. The predicted octanol–water partition coefficient (Wildman–Crippen LogP) is 3.57. The zero-order chi connectivity index (χ0) is 11.4. The Morgan fingerprint density at radius 1 is 1.38 bits per heavy atom. The molecular formula is C13H23IO2. The highest BCUT2D eigenvalue weighted by atomic mass is 127. The molecular weight excluding hydrogens is 315 g/mol. The second kappa shape index (κ2) is 6.01. The summed E-state index contributed by atoms with van der Waals surface area (Å²) in [5.41, 5.74) is 0.120. The summed E-state index contributed by atoms with van der Waals surface area (Å²) in [5.74, 6) is 0.840. The fraction of sp³-hybridized carbons (Fsp3) is 1.00. The highest BCUT2D eigenvalue weighted by molar-refractivity contribution is 14.1. The summed E-state index contributed by atoms with van der Waals surface area (Å²) in [6.07, 6.45) is 8.01. The molecule has 1 saturated carbocycles. The van der Waals surface area contributed by atoms with Gasteiger partial charge in [-0.3, -0.25) is 0 Å². The van der Waals surface area contributed by atoms with Gasteiger partial charge in [0.25, 0.3) is 0 Å². The molecule has 2 nitrogen and oxygen atoms in total. The van der Waals surface area contributed by atoms with Crippen molar-refractivity contribution < 1.29 is 9.47 Å². The average Bonchev–Trinajstić information content (AvgIpc) is 2.27. The topological polar surface area (TPSA) is 18.5 Å². The van der Waals surface area contributed by atoms with Gasteiger partial charge >= 0.3 is 0 Å². The van der Waals surface area contributed by atoms with E-state index in [2.05, 4.69) is 29.5 Å². The lowest BCUT2D eigenvalue weighted by atomic mass is 9.79. The summed E-state index contributed by atoms with van der Waals surface area (Å²) in [4.78, 5) is 0. The van der Waals surface area contributed by atoms with E-state index in [0.29, 0.717) is 6.10 Å². The predicted molar refractivity (Wildman–Crippen MR) is 74.2 cm³/mol. The van der Waals surface area contributed by atoms with E-state index in [1.165, 1.54) is 25.7 Å². The molecule has 2 aliphatic rings. The van der Waals surface area contributed by atoms with Crippen LogP contribution in [0.1, 0.15) is 45.4 Å². The molecule has 1 heterocycles. The summed E-state index contributed by atoms with van der Waals surface area (Å²) in [6, 6.07) is 0. The molecule has 94 valence electrons. The molecule has 1 aliphatic carbocycles. The van der Waals surface area contributed by atoms with Crippen molar-refractivity contribution in [3.05, 3.63) is 0 Å². The lowest BCUT2D eigenvalue weighted by Crippen LogP contribution is -2.46. The van der Waals surface area contributed by atoms with Crippen LogP contribution in [0.25, 0.3) is 0 Å². The number of hydrogen-bond acceptors (Lipinski definition) is 2. The van der Waals surface area contributed by atoms with Crippen LogP contribution in [-0.4, -0.2) is 29.3 Å². The summed E-state index contributed by atoms with van der Waals surface area (Å²) in [6.45, 7) is 4.03. The van der Waals surface area contributed by atoms with Crippen molar-refractivity contribution in [2.45, 2.75) is 57.2 Å². The molecule has 3 heteroatoms. The standard InChI is InChI=1S/C13H23IO2/c1-2-12(11-4-3-5-11)16-13(10-14)6-8-15-9-7-13/h11-12H,2-10H2,1H3. The molecule has 0 amide bonds. The average molecular weight is 338 g/mol. The van der Waals surface area contributed by atoms with Crippen LogP contribution < -0.4 is 0 Å². The van der Waals surface area contributed by atoms with Crippen molar-refractivity contribution in [3.63, 3.8) is 0 Å². The van der Waals surface area contributed by atoms with Gasteiger partial charge < -0.3 is 9.47 Å². The molecule has 0 spiro atoms. The van der Waals surface area contributed by atoms with Gasteiger partial charge in [-0.1, -0.05) is 35.9 Å². The van der Waals surface area contributed by atoms with E-state index in [4.69, 9.17) is 9.47 Å². The van der Waals surface area contributed by atoms with Gasteiger partial charge in [0.15, 0.2) is 0 Å². The van der Waals surface area contributed by atoms with Crippen LogP contribution >= 0.6 is 22.6 Å². The van der Waals surface area contributed by atoms with Crippen LogP contribution in [0.2, 0.25) is 0 Å². The maximum absolute atomic E-state index is 6.49. The minimum absolute atomic E-state index is 0.120. The molecule has 0 N–H and O–H groups in total. The monoisotopic (exact) mass is 338 g/mol. The van der Waals surface area contributed by atoms with E-state index < -0.39 is 0 Å².